The van der Waals surface area contributed by atoms with E-state index in [1.54, 1.807) is 0 Å². The van der Waals surface area contributed by atoms with E-state index >= 15 is 0 Å². The maximum absolute atomic E-state index is 6.25. The van der Waals surface area contributed by atoms with Gasteiger partial charge in [0.25, 0.3) is 0 Å². The molecule has 3 rings (SSSR count). The molecule has 0 bridgehead atoms. The van der Waals surface area contributed by atoms with E-state index in [0.29, 0.717) is 11.0 Å². The minimum atomic E-state index is 0.492. The van der Waals surface area contributed by atoms with Crippen molar-refractivity contribution in [2.45, 2.75) is 6.92 Å². The fourth-order valence-corrected chi connectivity index (χ4v) is 2.43. The van der Waals surface area contributed by atoms with Crippen LogP contribution in [0.3, 0.4) is 0 Å². The number of nitrogens with zero attached hydrogens (tertiary/aromatic N) is 2. The zero-order chi connectivity index (χ0) is 13.4. The first kappa shape index (κ1) is 12.6. The number of hydrogen-bond donors (Lipinski definition) is 0. The van der Waals surface area contributed by atoms with E-state index in [4.69, 9.17) is 11.6 Å². The summed E-state index contributed by atoms with van der Waals surface area (Å²) in [7, 11) is 0. The molecule has 0 aliphatic carbocycles. The van der Waals surface area contributed by atoms with Crippen LogP contribution in [0.4, 0.5) is 0 Å². The first-order chi connectivity index (χ1) is 9.13. The summed E-state index contributed by atoms with van der Waals surface area (Å²) in [6, 6.07) is 13.9. The molecule has 4 heteroatoms. The molecule has 0 N–H and O–H groups in total. The summed E-state index contributed by atoms with van der Waals surface area (Å²) < 4.78 is 1.03. The Balaban J connectivity index is 2.20. The van der Waals surface area contributed by atoms with Crippen LogP contribution in [0.15, 0.2) is 46.9 Å². The fraction of sp³-hybridized carbons (Fsp3) is 0.0667. The third kappa shape index (κ3) is 2.48. The maximum Gasteiger partial charge on any atom is 0.161 e. The predicted octanol–water partition coefficient (Wildman–Crippen LogP) is 5.02. The first-order valence-electron chi connectivity index (χ1n) is 5.83. The van der Waals surface area contributed by atoms with Gasteiger partial charge in [0.2, 0.25) is 0 Å². The van der Waals surface area contributed by atoms with Crippen molar-refractivity contribution >= 4 is 38.4 Å². The Morgan fingerprint density at radius 3 is 2.47 bits per heavy atom. The van der Waals surface area contributed by atoms with Crippen LogP contribution >= 0.6 is 27.5 Å². The molecule has 3 aromatic rings. The number of aryl methyl sites for hydroxylation is 1. The molecule has 2 aromatic carbocycles. The molecule has 0 aliphatic rings. The van der Waals surface area contributed by atoms with Crippen molar-refractivity contribution in [1.29, 1.82) is 0 Å². The van der Waals surface area contributed by atoms with Crippen molar-refractivity contribution in [3.05, 3.63) is 57.7 Å². The molecule has 1 heterocycles. The molecular weight excluding hydrogens is 324 g/mol. The topological polar surface area (TPSA) is 25.8 Å². The van der Waals surface area contributed by atoms with Crippen molar-refractivity contribution in [3.63, 3.8) is 0 Å². The van der Waals surface area contributed by atoms with Gasteiger partial charge in [-0.25, -0.2) is 9.97 Å². The van der Waals surface area contributed by atoms with Gasteiger partial charge in [0.15, 0.2) is 5.82 Å². The summed E-state index contributed by atoms with van der Waals surface area (Å²) in [6.45, 7) is 2.03. The monoisotopic (exact) mass is 332 g/mol. The zero-order valence-corrected chi connectivity index (χ0v) is 12.5. The highest BCUT2D eigenvalue weighted by Crippen LogP contribution is 2.26. The molecule has 0 aliphatic heterocycles. The smallest absolute Gasteiger partial charge is 0.161 e. The second-order valence-corrected chi connectivity index (χ2v) is 5.64. The molecule has 0 atom stereocenters. The largest absolute Gasteiger partial charge is 0.228 e. The number of rotatable bonds is 1. The first-order valence-corrected chi connectivity index (χ1v) is 7.00. The average molecular weight is 334 g/mol. The molecule has 2 nitrogen and oxygen atoms in total. The van der Waals surface area contributed by atoms with Crippen LogP contribution in [0.25, 0.3) is 22.3 Å². The van der Waals surface area contributed by atoms with Gasteiger partial charge in [0, 0.05) is 15.4 Å². The number of benzene rings is 2. The van der Waals surface area contributed by atoms with Gasteiger partial charge in [-0.05, 0) is 31.2 Å². The average Bonchev–Trinajstić information content (AvgIpc) is 2.40. The van der Waals surface area contributed by atoms with Gasteiger partial charge in [0.1, 0.15) is 5.15 Å². The Morgan fingerprint density at radius 1 is 1.00 bits per heavy atom. The van der Waals surface area contributed by atoms with Gasteiger partial charge in [-0.15, -0.1) is 0 Å². The highest BCUT2D eigenvalue weighted by Gasteiger charge is 2.08. The normalized spacial score (nSPS) is 10.9. The van der Waals surface area contributed by atoms with Crippen molar-refractivity contribution in [2.24, 2.45) is 0 Å². The minimum Gasteiger partial charge on any atom is -0.228 e. The number of fused-ring (bicyclic) bond motifs is 1. The molecule has 1 aromatic heterocycles. The van der Waals surface area contributed by atoms with Crippen molar-refractivity contribution in [3.8, 4) is 11.4 Å². The number of halogens is 2. The Morgan fingerprint density at radius 2 is 1.74 bits per heavy atom. The van der Waals surface area contributed by atoms with Crippen LogP contribution in [0.2, 0.25) is 5.15 Å². The summed E-state index contributed by atoms with van der Waals surface area (Å²) in [5, 5.41) is 1.38. The summed E-state index contributed by atoms with van der Waals surface area (Å²) in [6.07, 6.45) is 0. The van der Waals surface area contributed by atoms with Gasteiger partial charge in [-0.1, -0.05) is 51.3 Å². The van der Waals surface area contributed by atoms with Crippen molar-refractivity contribution in [2.75, 3.05) is 0 Å². The van der Waals surface area contributed by atoms with Crippen LogP contribution < -0.4 is 0 Å². The SMILES string of the molecule is Cc1ccc2nc(-c3ccc(Br)cc3)nc(Cl)c2c1. The fourth-order valence-electron chi connectivity index (χ4n) is 1.93. The standard InChI is InChI=1S/C15H10BrClN2/c1-9-2-7-13-12(8-9)14(17)19-15(18-13)10-3-5-11(16)6-4-10/h2-8H,1H3. The lowest BCUT2D eigenvalue weighted by molar-refractivity contribution is 1.22. The summed E-state index contributed by atoms with van der Waals surface area (Å²) in [5.41, 5.74) is 2.96. The summed E-state index contributed by atoms with van der Waals surface area (Å²) >= 11 is 9.67. The Kier molecular flexibility index (Phi) is 3.25. The number of hydrogen-bond acceptors (Lipinski definition) is 2. The molecule has 0 saturated heterocycles. The quantitative estimate of drug-likeness (QED) is 0.584. The molecule has 0 spiro atoms. The Bertz CT molecular complexity index is 754. The highest BCUT2D eigenvalue weighted by molar-refractivity contribution is 9.10. The van der Waals surface area contributed by atoms with E-state index in [2.05, 4.69) is 25.9 Å². The highest BCUT2D eigenvalue weighted by atomic mass is 79.9. The second-order valence-electron chi connectivity index (χ2n) is 4.37. The van der Waals surface area contributed by atoms with Crippen LogP contribution in [0.5, 0.6) is 0 Å². The maximum atomic E-state index is 6.25. The van der Waals surface area contributed by atoms with E-state index in [-0.39, 0.29) is 0 Å². The van der Waals surface area contributed by atoms with E-state index in [1.165, 1.54) is 0 Å². The minimum absolute atomic E-state index is 0.492. The summed E-state index contributed by atoms with van der Waals surface area (Å²) in [5.74, 6) is 0.647. The lowest BCUT2D eigenvalue weighted by Gasteiger charge is -2.05. The molecule has 0 amide bonds. The Labute approximate surface area is 124 Å². The third-order valence-electron chi connectivity index (χ3n) is 2.91. The molecule has 0 fully saturated rings. The molecule has 0 unspecified atom stereocenters. The van der Waals surface area contributed by atoms with E-state index in [1.807, 2.05) is 49.4 Å². The number of aromatic nitrogens is 2. The van der Waals surface area contributed by atoms with Crippen LogP contribution in [-0.2, 0) is 0 Å². The van der Waals surface area contributed by atoms with E-state index in [9.17, 15) is 0 Å². The van der Waals surface area contributed by atoms with Crippen LogP contribution in [0.1, 0.15) is 5.56 Å². The molecular formula is C15H10BrClN2. The predicted molar refractivity (Wildman–Crippen MR) is 82.4 cm³/mol. The van der Waals surface area contributed by atoms with Gasteiger partial charge in [-0.3, -0.25) is 0 Å². The van der Waals surface area contributed by atoms with Gasteiger partial charge < -0.3 is 0 Å². The second kappa shape index (κ2) is 4.91. The molecule has 94 valence electrons. The molecule has 0 saturated carbocycles. The van der Waals surface area contributed by atoms with Crippen LogP contribution in [-0.4, -0.2) is 9.97 Å². The van der Waals surface area contributed by atoms with Crippen molar-refractivity contribution in [1.82, 2.24) is 9.97 Å². The third-order valence-corrected chi connectivity index (χ3v) is 3.72. The van der Waals surface area contributed by atoms with Crippen molar-refractivity contribution < 1.29 is 0 Å². The van der Waals surface area contributed by atoms with E-state index in [0.717, 1.165) is 26.5 Å². The van der Waals surface area contributed by atoms with Gasteiger partial charge in [0.05, 0.1) is 5.52 Å². The molecule has 0 radical (unpaired) electrons. The summed E-state index contributed by atoms with van der Waals surface area (Å²) in [4.78, 5) is 8.95. The lowest BCUT2D eigenvalue weighted by Crippen LogP contribution is -1.92. The van der Waals surface area contributed by atoms with E-state index < -0.39 is 0 Å². The zero-order valence-electron chi connectivity index (χ0n) is 10.2. The molecule has 19 heavy (non-hydrogen) atoms. The lowest BCUT2D eigenvalue weighted by atomic mass is 10.1. The van der Waals surface area contributed by atoms with Gasteiger partial charge in [-0.2, -0.15) is 0 Å². The Hall–Kier alpha value is -1.45. The van der Waals surface area contributed by atoms with Gasteiger partial charge >= 0.3 is 0 Å². The van der Waals surface area contributed by atoms with Crippen LogP contribution in [0, 0.1) is 6.92 Å².